The Labute approximate surface area is 471 Å². The maximum atomic E-state index is 5.14. The number of rotatable bonds is 16. The third-order valence-corrected chi connectivity index (χ3v) is 15.9. The van der Waals surface area contributed by atoms with Crippen molar-refractivity contribution in [1.29, 1.82) is 0 Å². The molecule has 79 heavy (non-hydrogen) atoms. The van der Waals surface area contributed by atoms with E-state index in [4.69, 9.17) is 5.10 Å². The van der Waals surface area contributed by atoms with E-state index in [1.807, 2.05) is 6.21 Å². The topological polar surface area (TPSA) is 25.3 Å². The van der Waals surface area contributed by atoms with Gasteiger partial charge in [0.1, 0.15) is 0 Å². The Morgan fingerprint density at radius 1 is 0.354 bits per heavy atom. The van der Waals surface area contributed by atoms with Gasteiger partial charge < -0.3 is 14.7 Å². The Bertz CT molecular complexity index is 3680. The predicted octanol–water partition coefficient (Wildman–Crippen LogP) is 20.4. The van der Waals surface area contributed by atoms with Crippen molar-refractivity contribution in [3.05, 3.63) is 278 Å². The summed E-state index contributed by atoms with van der Waals surface area (Å²) in [5.74, 6) is 0. The molecule has 0 aromatic heterocycles. The molecule has 10 rings (SSSR count). The van der Waals surface area contributed by atoms with Gasteiger partial charge in [-0.25, -0.2) is 5.01 Å². The molecule has 0 spiro atoms. The number of allylic oxidation sites excluding steroid dienone is 8. The Balaban J connectivity index is 0.911. The van der Waals surface area contributed by atoms with Crippen LogP contribution < -0.4 is 19.7 Å². The van der Waals surface area contributed by atoms with E-state index in [1.54, 1.807) is 0 Å². The summed E-state index contributed by atoms with van der Waals surface area (Å²) in [6.45, 7) is 22.7. The SMILES string of the molecule is CC1=CC=C(N(C/C=C/c2ccc(N(c3ccc(-c4ccc(N(c5ccc(C)c(C)c5)c5ccc(/C=N/N(C6=CC=C(C)CC6)c6ccc(C)cc6)c(C)c5)cc4)cc3)c3ccc(C)c(C)c3)cc2C)c2ccc(C)cc2)CC1. The molecular weight excluding hydrogens is 959 g/mol. The molecule has 5 nitrogen and oxygen atoms in total. The van der Waals surface area contributed by atoms with Crippen molar-refractivity contribution < 1.29 is 0 Å². The monoisotopic (exact) mass is 1030 g/mol. The lowest BCUT2D eigenvalue weighted by Gasteiger charge is -2.28. The zero-order valence-corrected chi connectivity index (χ0v) is 48.0. The summed E-state index contributed by atoms with van der Waals surface area (Å²) in [4.78, 5) is 7.21. The molecule has 8 aromatic rings. The van der Waals surface area contributed by atoms with Crippen LogP contribution in [0.15, 0.2) is 228 Å². The number of aryl methyl sites for hydroxylation is 8. The second-order valence-electron chi connectivity index (χ2n) is 22.0. The number of anilines is 8. The highest BCUT2D eigenvalue weighted by atomic mass is 15.5. The van der Waals surface area contributed by atoms with Gasteiger partial charge in [-0.1, -0.05) is 119 Å². The molecule has 2 aliphatic rings. The number of hydrogen-bond donors (Lipinski definition) is 0. The van der Waals surface area contributed by atoms with Gasteiger partial charge in [-0.3, -0.25) is 0 Å². The lowest BCUT2D eigenvalue weighted by molar-refractivity contribution is 0.834. The second kappa shape index (κ2) is 23.9. The van der Waals surface area contributed by atoms with Crippen molar-refractivity contribution in [3.8, 4) is 11.1 Å². The molecule has 0 bridgehead atoms. The van der Waals surface area contributed by atoms with Crippen LogP contribution in [0.25, 0.3) is 17.2 Å². The zero-order valence-electron chi connectivity index (χ0n) is 48.0. The van der Waals surface area contributed by atoms with Gasteiger partial charge in [-0.15, -0.1) is 0 Å². The molecule has 0 fully saturated rings. The molecule has 0 saturated heterocycles. The van der Waals surface area contributed by atoms with E-state index in [0.29, 0.717) is 0 Å². The van der Waals surface area contributed by atoms with Crippen molar-refractivity contribution in [1.82, 2.24) is 0 Å². The molecule has 0 aliphatic heterocycles. The van der Waals surface area contributed by atoms with E-state index in [0.717, 1.165) is 94.3 Å². The van der Waals surface area contributed by atoms with Gasteiger partial charge in [-0.05, 0) is 260 Å². The van der Waals surface area contributed by atoms with Crippen molar-refractivity contribution in [2.24, 2.45) is 5.10 Å². The first-order chi connectivity index (χ1) is 38.2. The molecule has 0 atom stereocenters. The maximum Gasteiger partial charge on any atom is 0.0648 e. The van der Waals surface area contributed by atoms with Crippen molar-refractivity contribution in [3.63, 3.8) is 0 Å². The summed E-state index contributed by atoms with van der Waals surface area (Å²) in [6, 6.07) is 62.7. The molecule has 0 unspecified atom stereocenters. The van der Waals surface area contributed by atoms with Crippen LogP contribution in [0.3, 0.4) is 0 Å². The summed E-state index contributed by atoms with van der Waals surface area (Å²) >= 11 is 0. The molecule has 2 aliphatic carbocycles. The van der Waals surface area contributed by atoms with E-state index in [1.165, 1.54) is 72.7 Å². The van der Waals surface area contributed by atoms with Crippen LogP contribution >= 0.6 is 0 Å². The highest BCUT2D eigenvalue weighted by Gasteiger charge is 2.19. The van der Waals surface area contributed by atoms with E-state index in [2.05, 4.69) is 295 Å². The molecule has 0 heterocycles. The summed E-state index contributed by atoms with van der Waals surface area (Å²) in [7, 11) is 0. The minimum Gasteiger partial charge on any atom is -0.341 e. The summed E-state index contributed by atoms with van der Waals surface area (Å²) < 4.78 is 0. The van der Waals surface area contributed by atoms with Crippen LogP contribution in [0, 0.1) is 55.4 Å². The van der Waals surface area contributed by atoms with Gasteiger partial charge in [-0.2, -0.15) is 5.10 Å². The summed E-state index contributed by atoms with van der Waals surface area (Å²) in [5, 5.41) is 7.24. The Hall–Kier alpha value is -8.67. The van der Waals surface area contributed by atoms with E-state index < -0.39 is 0 Å². The Kier molecular flexibility index (Phi) is 16.3. The highest BCUT2D eigenvalue weighted by molar-refractivity contribution is 5.87. The second-order valence-corrected chi connectivity index (χ2v) is 22.0. The van der Waals surface area contributed by atoms with Crippen molar-refractivity contribution >= 4 is 57.8 Å². The Morgan fingerprint density at radius 3 is 1.20 bits per heavy atom. The molecular formula is C74H75N5. The number of benzene rings is 8. The normalized spacial score (nSPS) is 13.5. The van der Waals surface area contributed by atoms with Crippen LogP contribution in [-0.4, -0.2) is 12.8 Å². The molecule has 5 heteroatoms. The number of hydrazone groups is 1. The van der Waals surface area contributed by atoms with Gasteiger partial charge in [0.25, 0.3) is 0 Å². The van der Waals surface area contributed by atoms with Crippen molar-refractivity contribution in [2.75, 3.05) is 26.3 Å². The van der Waals surface area contributed by atoms with Gasteiger partial charge in [0.15, 0.2) is 0 Å². The van der Waals surface area contributed by atoms with Crippen LogP contribution in [0.1, 0.15) is 95.2 Å². The lowest BCUT2D eigenvalue weighted by atomic mass is 10.0. The van der Waals surface area contributed by atoms with E-state index in [9.17, 15) is 0 Å². The Morgan fingerprint density at radius 2 is 0.759 bits per heavy atom. The summed E-state index contributed by atoms with van der Waals surface area (Å²) in [5.41, 5.74) is 28.9. The van der Waals surface area contributed by atoms with Crippen LogP contribution in [0.4, 0.5) is 45.5 Å². The third kappa shape index (κ3) is 12.5. The van der Waals surface area contributed by atoms with Crippen LogP contribution in [0.5, 0.6) is 0 Å². The van der Waals surface area contributed by atoms with E-state index >= 15 is 0 Å². The first kappa shape index (κ1) is 53.7. The number of nitrogens with zero attached hydrogens (tertiary/aromatic N) is 5. The van der Waals surface area contributed by atoms with Gasteiger partial charge >= 0.3 is 0 Å². The molecule has 396 valence electrons. The first-order valence-corrected chi connectivity index (χ1v) is 28.1. The fourth-order valence-electron chi connectivity index (χ4n) is 10.5. The molecule has 0 N–H and O–H groups in total. The highest BCUT2D eigenvalue weighted by Crippen LogP contribution is 2.40. The van der Waals surface area contributed by atoms with Gasteiger partial charge in [0.05, 0.1) is 11.9 Å². The maximum absolute atomic E-state index is 5.14. The standard InChI is InChI=1S/C74H75N5/c1-51-13-29-65(30-14-51)76(66-31-15-52(2)16-32-66)45-11-12-61-23-43-73(48-59(61)9)77(71-37-21-55(5)57(7)46-71)67-39-24-62(25-40-67)63-26-41-68(42-27-63)78(72-38-22-56(6)58(8)47-72)74-44-28-64(60(10)49-74)50-75-79(69-33-17-53(3)18-34-69)70-35-19-54(4)20-36-70/h11-15,17-19,21-31,33-35,37-44,46-50H,16,20,32,36,45H2,1-10H3/b12-11+,75-50+. The average molecular weight is 1030 g/mol. The first-order valence-electron chi connectivity index (χ1n) is 28.1. The van der Waals surface area contributed by atoms with Crippen LogP contribution in [-0.2, 0) is 0 Å². The fourth-order valence-corrected chi connectivity index (χ4v) is 10.5. The quantitative estimate of drug-likeness (QED) is 0.0711. The fraction of sp³-hybridized carbons (Fsp3) is 0.203. The molecule has 0 saturated carbocycles. The van der Waals surface area contributed by atoms with Crippen molar-refractivity contribution in [2.45, 2.75) is 94.9 Å². The van der Waals surface area contributed by atoms with Gasteiger partial charge in [0.2, 0.25) is 0 Å². The van der Waals surface area contributed by atoms with E-state index in [-0.39, 0.29) is 0 Å². The average Bonchev–Trinajstić information content (AvgIpc) is 3.46. The summed E-state index contributed by atoms with van der Waals surface area (Å²) in [6.07, 6.45) is 19.7. The zero-order chi connectivity index (χ0) is 55.2. The minimum absolute atomic E-state index is 0.799. The molecule has 0 radical (unpaired) electrons. The number of hydrogen-bond acceptors (Lipinski definition) is 5. The minimum atomic E-state index is 0.799. The lowest BCUT2D eigenvalue weighted by Crippen LogP contribution is -2.23. The van der Waals surface area contributed by atoms with Gasteiger partial charge in [0, 0.05) is 57.8 Å². The third-order valence-electron chi connectivity index (χ3n) is 15.9. The van der Waals surface area contributed by atoms with Crippen LogP contribution in [0.2, 0.25) is 0 Å². The molecule has 0 amide bonds. The smallest absolute Gasteiger partial charge is 0.0648 e. The predicted molar refractivity (Wildman–Crippen MR) is 341 cm³/mol. The molecule has 8 aromatic carbocycles. The largest absolute Gasteiger partial charge is 0.341 e.